The first kappa shape index (κ1) is 24.0. The average Bonchev–Trinajstić information content (AvgIpc) is 3.17. The van der Waals surface area contributed by atoms with Crippen LogP contribution < -0.4 is 5.73 Å². The number of nitrogen functional groups attached to an aromatic ring is 1. The van der Waals surface area contributed by atoms with Crippen molar-refractivity contribution in [2.24, 2.45) is 0 Å². The van der Waals surface area contributed by atoms with Gasteiger partial charge in [0.05, 0.1) is 36.1 Å². The van der Waals surface area contributed by atoms with Gasteiger partial charge in [-0.2, -0.15) is 18.3 Å². The summed E-state index contributed by atoms with van der Waals surface area (Å²) in [5.41, 5.74) is 6.72. The minimum atomic E-state index is -4.55. The fraction of sp³-hybridized carbons (Fsp3) is 0.391. The van der Waals surface area contributed by atoms with Crippen LogP contribution in [0.5, 0.6) is 0 Å². The number of benzene rings is 1. The van der Waals surface area contributed by atoms with E-state index in [1.54, 1.807) is 12.1 Å². The number of carbonyl (C=O) groups is 2. The molecule has 2 aliphatic rings. The van der Waals surface area contributed by atoms with E-state index in [0.717, 1.165) is 16.5 Å². The van der Waals surface area contributed by atoms with E-state index >= 15 is 0 Å². The maximum absolute atomic E-state index is 14.0. The Hall–Kier alpha value is -3.74. The molecule has 2 aliphatic heterocycles. The minimum absolute atomic E-state index is 0.0352. The lowest BCUT2D eigenvalue weighted by Crippen LogP contribution is -2.51. The molecular formula is C23H22F4N6O3. The molecular weight excluding hydrogens is 484 g/mol. The van der Waals surface area contributed by atoms with E-state index in [1.807, 2.05) is 12.1 Å². The molecule has 2 saturated heterocycles. The smallest absolute Gasteiger partial charge is 0.384 e. The zero-order chi connectivity index (χ0) is 25.6. The summed E-state index contributed by atoms with van der Waals surface area (Å²) < 4.78 is 59.4. The van der Waals surface area contributed by atoms with E-state index in [1.165, 1.54) is 15.6 Å². The van der Waals surface area contributed by atoms with Crippen LogP contribution in [0.15, 0.2) is 36.5 Å². The Labute approximate surface area is 202 Å². The number of para-hydroxylation sites is 1. The van der Waals surface area contributed by atoms with Gasteiger partial charge in [-0.05, 0) is 12.1 Å². The van der Waals surface area contributed by atoms with Crippen molar-refractivity contribution in [2.45, 2.75) is 24.7 Å². The summed E-state index contributed by atoms with van der Waals surface area (Å²) in [4.78, 5) is 31.8. The molecule has 3 aromatic rings. The summed E-state index contributed by atoms with van der Waals surface area (Å²) in [7, 11) is 0. The molecule has 0 radical (unpaired) electrons. The SMILES string of the molecule is Nc1cc(C(=O)N2CC(c3nn(CC(=O)N4CCO[C@@H](C(F)(F)F)C4)c4ccccc34)C2)c(F)cn1. The van der Waals surface area contributed by atoms with Gasteiger partial charge in [0, 0.05) is 30.9 Å². The van der Waals surface area contributed by atoms with Crippen molar-refractivity contribution in [3.05, 3.63) is 53.6 Å². The lowest BCUT2D eigenvalue weighted by molar-refractivity contribution is -0.236. The van der Waals surface area contributed by atoms with Gasteiger partial charge in [-0.3, -0.25) is 14.3 Å². The van der Waals surface area contributed by atoms with Gasteiger partial charge in [-0.25, -0.2) is 9.37 Å². The Kier molecular flexibility index (Phi) is 6.02. The number of alkyl halides is 3. The molecule has 2 fully saturated rings. The number of pyridine rings is 1. The largest absolute Gasteiger partial charge is 0.416 e. The van der Waals surface area contributed by atoms with Crippen molar-refractivity contribution in [3.63, 3.8) is 0 Å². The van der Waals surface area contributed by atoms with E-state index in [0.29, 0.717) is 11.2 Å². The number of rotatable bonds is 4. The third-order valence-corrected chi connectivity index (χ3v) is 6.42. The van der Waals surface area contributed by atoms with Gasteiger partial charge < -0.3 is 20.3 Å². The zero-order valence-corrected chi connectivity index (χ0v) is 18.9. The molecule has 0 unspecified atom stereocenters. The lowest BCUT2D eigenvalue weighted by Gasteiger charge is -2.38. The highest BCUT2D eigenvalue weighted by atomic mass is 19.4. The summed E-state index contributed by atoms with van der Waals surface area (Å²) in [6.45, 7) is -0.367. The monoisotopic (exact) mass is 506 g/mol. The number of hydrogen-bond donors (Lipinski definition) is 1. The van der Waals surface area contributed by atoms with Crippen LogP contribution in [0.4, 0.5) is 23.4 Å². The number of morpholine rings is 1. The number of aromatic nitrogens is 3. The normalized spacial score (nSPS) is 18.9. The van der Waals surface area contributed by atoms with E-state index in [9.17, 15) is 27.2 Å². The van der Waals surface area contributed by atoms with Gasteiger partial charge >= 0.3 is 6.18 Å². The van der Waals surface area contributed by atoms with Crippen molar-refractivity contribution < 1.29 is 31.9 Å². The van der Waals surface area contributed by atoms with Crippen LogP contribution in [0.25, 0.3) is 10.9 Å². The maximum atomic E-state index is 14.0. The molecule has 1 atom stereocenters. The lowest BCUT2D eigenvalue weighted by atomic mass is 9.93. The van der Waals surface area contributed by atoms with Crippen molar-refractivity contribution in [1.29, 1.82) is 0 Å². The third-order valence-electron chi connectivity index (χ3n) is 6.42. The number of amides is 2. The van der Waals surface area contributed by atoms with Crippen LogP contribution >= 0.6 is 0 Å². The molecule has 2 aromatic heterocycles. The van der Waals surface area contributed by atoms with Gasteiger partial charge in [-0.15, -0.1) is 0 Å². The molecule has 0 aliphatic carbocycles. The number of nitrogens with two attached hydrogens (primary N) is 1. The maximum Gasteiger partial charge on any atom is 0.416 e. The highest BCUT2D eigenvalue weighted by Gasteiger charge is 2.44. The first-order valence-electron chi connectivity index (χ1n) is 11.2. The standard InChI is InChI=1S/C23H22F4N6O3/c24-16-8-29-19(28)7-15(16)22(35)32-9-13(10-32)21-14-3-1-2-4-17(14)33(30-21)12-20(34)31-5-6-36-18(11-31)23(25,26)27/h1-4,7-8,13,18H,5-6,9-12H2,(H2,28,29)/t18-/m1/s1. The minimum Gasteiger partial charge on any atom is -0.384 e. The van der Waals surface area contributed by atoms with Gasteiger partial charge in [0.15, 0.2) is 11.9 Å². The molecule has 9 nitrogen and oxygen atoms in total. The summed E-state index contributed by atoms with van der Waals surface area (Å²) in [6.07, 6.45) is -5.67. The Morgan fingerprint density at radius 3 is 2.64 bits per heavy atom. The van der Waals surface area contributed by atoms with Crippen LogP contribution in [0.1, 0.15) is 22.0 Å². The molecule has 5 rings (SSSR count). The first-order chi connectivity index (χ1) is 17.1. The predicted octanol–water partition coefficient (Wildman–Crippen LogP) is 2.18. The number of fused-ring (bicyclic) bond motifs is 1. The predicted molar refractivity (Wildman–Crippen MR) is 119 cm³/mol. The molecule has 190 valence electrons. The van der Waals surface area contributed by atoms with Crippen LogP contribution in [-0.2, 0) is 16.1 Å². The Morgan fingerprint density at radius 1 is 1.14 bits per heavy atom. The Bertz CT molecular complexity index is 1320. The fourth-order valence-corrected chi connectivity index (χ4v) is 4.48. The second-order valence-electron chi connectivity index (χ2n) is 8.80. The van der Waals surface area contributed by atoms with Crippen molar-refractivity contribution >= 4 is 28.5 Å². The molecule has 2 amide bonds. The number of likely N-dealkylation sites (tertiary alicyclic amines) is 1. The first-order valence-corrected chi connectivity index (χ1v) is 11.2. The average molecular weight is 506 g/mol. The third kappa shape index (κ3) is 4.45. The Morgan fingerprint density at radius 2 is 1.89 bits per heavy atom. The molecule has 0 saturated carbocycles. The molecule has 0 bridgehead atoms. The van der Waals surface area contributed by atoms with E-state index in [2.05, 4.69) is 10.1 Å². The number of anilines is 1. The van der Waals surface area contributed by atoms with Crippen molar-refractivity contribution in [2.75, 3.05) is 38.5 Å². The van der Waals surface area contributed by atoms with Crippen LogP contribution in [-0.4, -0.2) is 81.4 Å². The number of hydrogen-bond acceptors (Lipinski definition) is 6. The van der Waals surface area contributed by atoms with Gasteiger partial charge in [0.25, 0.3) is 5.91 Å². The summed E-state index contributed by atoms with van der Waals surface area (Å²) in [5, 5.41) is 5.36. The molecule has 0 spiro atoms. The quantitative estimate of drug-likeness (QED) is 0.544. The van der Waals surface area contributed by atoms with Crippen molar-refractivity contribution in [3.8, 4) is 0 Å². The van der Waals surface area contributed by atoms with E-state index < -0.39 is 36.5 Å². The van der Waals surface area contributed by atoms with E-state index in [4.69, 9.17) is 10.5 Å². The number of carbonyl (C=O) groups excluding carboxylic acids is 2. The highest BCUT2D eigenvalue weighted by Crippen LogP contribution is 2.33. The van der Waals surface area contributed by atoms with E-state index in [-0.39, 0.29) is 50.1 Å². The van der Waals surface area contributed by atoms with Gasteiger partial charge in [0.2, 0.25) is 5.91 Å². The molecule has 4 heterocycles. The summed E-state index contributed by atoms with van der Waals surface area (Å²) in [5.74, 6) is -1.89. The van der Waals surface area contributed by atoms with Gasteiger partial charge in [-0.1, -0.05) is 18.2 Å². The number of halogens is 4. The highest BCUT2D eigenvalue weighted by molar-refractivity contribution is 5.96. The van der Waals surface area contributed by atoms with Crippen LogP contribution in [0.3, 0.4) is 0 Å². The van der Waals surface area contributed by atoms with Crippen LogP contribution in [0, 0.1) is 5.82 Å². The number of ether oxygens (including phenoxy) is 1. The second kappa shape index (κ2) is 9.04. The fourth-order valence-electron chi connectivity index (χ4n) is 4.48. The molecule has 13 heteroatoms. The topological polar surface area (TPSA) is 107 Å². The van der Waals surface area contributed by atoms with Crippen LogP contribution in [0.2, 0.25) is 0 Å². The summed E-state index contributed by atoms with van der Waals surface area (Å²) in [6, 6.07) is 8.38. The molecule has 1 aromatic carbocycles. The number of nitrogens with zero attached hydrogens (tertiary/aromatic N) is 5. The van der Waals surface area contributed by atoms with Gasteiger partial charge in [0.1, 0.15) is 12.4 Å². The Balaban J connectivity index is 1.31. The zero-order valence-electron chi connectivity index (χ0n) is 18.9. The van der Waals surface area contributed by atoms with Crippen molar-refractivity contribution in [1.82, 2.24) is 24.6 Å². The summed E-state index contributed by atoms with van der Waals surface area (Å²) >= 11 is 0. The second-order valence-corrected chi connectivity index (χ2v) is 8.80. The molecule has 2 N–H and O–H groups in total. The molecule has 36 heavy (non-hydrogen) atoms.